The van der Waals surface area contributed by atoms with E-state index in [1.54, 1.807) is 7.11 Å². The van der Waals surface area contributed by atoms with E-state index in [2.05, 4.69) is 15.6 Å². The predicted octanol–water partition coefficient (Wildman–Crippen LogP) is 2.82. The van der Waals surface area contributed by atoms with Crippen LogP contribution in [0.2, 0.25) is 5.02 Å². The number of hydrogen-bond acceptors (Lipinski definition) is 2. The van der Waals surface area contributed by atoms with E-state index in [9.17, 15) is 0 Å². The summed E-state index contributed by atoms with van der Waals surface area (Å²) in [6, 6.07) is 7.74. The average Bonchev–Trinajstić information content (AvgIpc) is 2.43. The number of guanidine groups is 1. The van der Waals surface area contributed by atoms with Crippen LogP contribution in [0.5, 0.6) is 0 Å². The lowest BCUT2D eigenvalue weighted by atomic mass is 10.1. The van der Waals surface area contributed by atoms with Crippen molar-refractivity contribution in [3.05, 3.63) is 34.9 Å². The van der Waals surface area contributed by atoms with Gasteiger partial charge in [-0.3, -0.25) is 0 Å². The van der Waals surface area contributed by atoms with Crippen LogP contribution in [0.1, 0.15) is 26.3 Å². The zero-order valence-corrected chi connectivity index (χ0v) is 13.4. The Kier molecular flexibility index (Phi) is 6.82. The molecule has 0 aliphatic rings. The number of benzene rings is 1. The van der Waals surface area contributed by atoms with Crippen LogP contribution in [-0.2, 0) is 11.3 Å². The minimum absolute atomic E-state index is 0.236. The Hall–Kier alpha value is -1.26. The molecule has 20 heavy (non-hydrogen) atoms. The third-order valence-corrected chi connectivity index (χ3v) is 3.31. The quantitative estimate of drug-likeness (QED) is 0.627. The topological polar surface area (TPSA) is 45.7 Å². The normalized spacial score (nSPS) is 12.3. The van der Waals surface area contributed by atoms with Crippen LogP contribution in [0, 0.1) is 0 Å². The van der Waals surface area contributed by atoms with Gasteiger partial charge in [-0.25, -0.2) is 4.99 Å². The molecule has 1 aromatic carbocycles. The first-order valence-corrected chi connectivity index (χ1v) is 7.17. The number of aliphatic imine (C=N–C) groups is 1. The van der Waals surface area contributed by atoms with Gasteiger partial charge < -0.3 is 15.4 Å². The van der Waals surface area contributed by atoms with Crippen LogP contribution in [0.3, 0.4) is 0 Å². The van der Waals surface area contributed by atoms with Crippen molar-refractivity contribution in [3.8, 4) is 0 Å². The first-order chi connectivity index (χ1) is 9.48. The molecule has 0 aliphatic heterocycles. The SMILES string of the molecule is CCNC(=NCc1ccccc1Cl)NCC(C)(C)OC. The van der Waals surface area contributed by atoms with Gasteiger partial charge in [-0.15, -0.1) is 0 Å². The Morgan fingerprint density at radius 1 is 1.30 bits per heavy atom. The average molecular weight is 298 g/mol. The van der Waals surface area contributed by atoms with Gasteiger partial charge in [-0.05, 0) is 32.4 Å². The highest BCUT2D eigenvalue weighted by atomic mass is 35.5. The van der Waals surface area contributed by atoms with Gasteiger partial charge in [0.05, 0.1) is 12.1 Å². The Labute approximate surface area is 126 Å². The Morgan fingerprint density at radius 3 is 2.60 bits per heavy atom. The molecule has 1 rings (SSSR count). The van der Waals surface area contributed by atoms with Crippen molar-refractivity contribution in [2.75, 3.05) is 20.2 Å². The van der Waals surface area contributed by atoms with Crippen LogP contribution < -0.4 is 10.6 Å². The molecule has 0 aromatic heterocycles. The summed E-state index contributed by atoms with van der Waals surface area (Å²) in [6.45, 7) is 8.12. The van der Waals surface area contributed by atoms with Crippen LogP contribution >= 0.6 is 11.6 Å². The van der Waals surface area contributed by atoms with E-state index in [1.807, 2.05) is 45.0 Å². The highest BCUT2D eigenvalue weighted by molar-refractivity contribution is 6.31. The summed E-state index contributed by atoms with van der Waals surface area (Å²) in [7, 11) is 1.70. The molecule has 0 saturated carbocycles. The molecule has 0 atom stereocenters. The van der Waals surface area contributed by atoms with E-state index in [0.717, 1.165) is 23.1 Å². The van der Waals surface area contributed by atoms with Gasteiger partial charge in [0.25, 0.3) is 0 Å². The van der Waals surface area contributed by atoms with Gasteiger partial charge in [-0.2, -0.15) is 0 Å². The van der Waals surface area contributed by atoms with Crippen molar-refractivity contribution in [2.45, 2.75) is 32.9 Å². The van der Waals surface area contributed by atoms with E-state index in [-0.39, 0.29) is 5.60 Å². The van der Waals surface area contributed by atoms with E-state index in [4.69, 9.17) is 16.3 Å². The van der Waals surface area contributed by atoms with E-state index in [1.165, 1.54) is 0 Å². The second-order valence-corrected chi connectivity index (χ2v) is 5.51. The van der Waals surface area contributed by atoms with Crippen LogP contribution in [0.25, 0.3) is 0 Å². The molecule has 0 fully saturated rings. The first-order valence-electron chi connectivity index (χ1n) is 6.79. The number of halogens is 1. The van der Waals surface area contributed by atoms with Gasteiger partial charge in [0.2, 0.25) is 0 Å². The largest absolute Gasteiger partial charge is 0.377 e. The third kappa shape index (κ3) is 5.80. The monoisotopic (exact) mass is 297 g/mol. The fourth-order valence-corrected chi connectivity index (χ4v) is 1.70. The Bertz CT molecular complexity index is 446. The Morgan fingerprint density at radius 2 is 2.00 bits per heavy atom. The Balaban J connectivity index is 2.66. The molecule has 0 saturated heterocycles. The minimum Gasteiger partial charge on any atom is -0.377 e. The summed E-state index contributed by atoms with van der Waals surface area (Å²) >= 11 is 6.13. The summed E-state index contributed by atoms with van der Waals surface area (Å²) in [5.74, 6) is 0.762. The molecule has 0 amide bonds. The number of nitrogens with one attached hydrogen (secondary N) is 2. The number of hydrogen-bond donors (Lipinski definition) is 2. The maximum Gasteiger partial charge on any atom is 0.191 e. The first kappa shape index (κ1) is 16.8. The van der Waals surface area contributed by atoms with Gasteiger partial charge >= 0.3 is 0 Å². The molecule has 0 aliphatic carbocycles. The fraction of sp³-hybridized carbons (Fsp3) is 0.533. The van der Waals surface area contributed by atoms with E-state index >= 15 is 0 Å². The summed E-state index contributed by atoms with van der Waals surface area (Å²) in [4.78, 5) is 4.54. The number of ether oxygens (including phenoxy) is 1. The molecular weight excluding hydrogens is 274 g/mol. The van der Waals surface area contributed by atoms with Gasteiger partial charge in [0.1, 0.15) is 0 Å². The summed E-state index contributed by atoms with van der Waals surface area (Å²) in [5, 5.41) is 7.22. The smallest absolute Gasteiger partial charge is 0.191 e. The molecule has 4 nitrogen and oxygen atoms in total. The van der Waals surface area contributed by atoms with Gasteiger partial charge in [0.15, 0.2) is 5.96 Å². The maximum absolute atomic E-state index is 6.13. The lowest BCUT2D eigenvalue weighted by molar-refractivity contribution is 0.0268. The highest BCUT2D eigenvalue weighted by Gasteiger charge is 2.16. The molecule has 0 radical (unpaired) electrons. The maximum atomic E-state index is 6.13. The molecule has 5 heteroatoms. The number of nitrogens with zero attached hydrogens (tertiary/aromatic N) is 1. The van der Waals surface area contributed by atoms with E-state index < -0.39 is 0 Å². The molecule has 0 spiro atoms. The molecule has 112 valence electrons. The number of rotatable bonds is 6. The molecule has 0 unspecified atom stereocenters. The van der Waals surface area contributed by atoms with Gasteiger partial charge in [0, 0.05) is 25.2 Å². The molecule has 0 bridgehead atoms. The van der Waals surface area contributed by atoms with Crippen molar-refractivity contribution in [3.63, 3.8) is 0 Å². The zero-order chi connectivity index (χ0) is 15.0. The van der Waals surface area contributed by atoms with Crippen LogP contribution in [-0.4, -0.2) is 31.8 Å². The van der Waals surface area contributed by atoms with Crippen LogP contribution in [0.4, 0.5) is 0 Å². The second kappa shape index (κ2) is 8.12. The lowest BCUT2D eigenvalue weighted by Gasteiger charge is -2.24. The molecule has 2 N–H and O–H groups in total. The van der Waals surface area contributed by atoms with Crippen molar-refractivity contribution in [1.82, 2.24) is 10.6 Å². The lowest BCUT2D eigenvalue weighted by Crippen LogP contribution is -2.45. The van der Waals surface area contributed by atoms with E-state index in [0.29, 0.717) is 13.1 Å². The standard InChI is InChI=1S/C15H24ClN3O/c1-5-17-14(19-11-15(2,3)20-4)18-10-12-8-6-7-9-13(12)16/h6-9H,5,10-11H2,1-4H3,(H2,17,18,19). The minimum atomic E-state index is -0.236. The van der Waals surface area contributed by atoms with Crippen molar-refractivity contribution >= 4 is 17.6 Å². The summed E-state index contributed by atoms with van der Waals surface area (Å²) in [6.07, 6.45) is 0. The molecule has 1 aromatic rings. The predicted molar refractivity (Wildman–Crippen MR) is 85.4 cm³/mol. The molecule has 0 heterocycles. The zero-order valence-electron chi connectivity index (χ0n) is 12.7. The fourth-order valence-electron chi connectivity index (χ4n) is 1.50. The van der Waals surface area contributed by atoms with Gasteiger partial charge in [-0.1, -0.05) is 29.8 Å². The summed E-state index contributed by atoms with van der Waals surface area (Å²) < 4.78 is 5.38. The molecular formula is C15H24ClN3O. The highest BCUT2D eigenvalue weighted by Crippen LogP contribution is 2.15. The second-order valence-electron chi connectivity index (χ2n) is 5.10. The third-order valence-electron chi connectivity index (χ3n) is 2.94. The van der Waals surface area contributed by atoms with Crippen molar-refractivity contribution in [2.24, 2.45) is 4.99 Å². The van der Waals surface area contributed by atoms with Crippen molar-refractivity contribution in [1.29, 1.82) is 0 Å². The van der Waals surface area contributed by atoms with Crippen molar-refractivity contribution < 1.29 is 4.74 Å². The number of methoxy groups -OCH3 is 1. The summed E-state index contributed by atoms with van der Waals surface area (Å²) in [5.41, 5.74) is 0.776. The van der Waals surface area contributed by atoms with Crippen LogP contribution in [0.15, 0.2) is 29.3 Å².